The van der Waals surface area contributed by atoms with E-state index in [2.05, 4.69) is 19.9 Å². The van der Waals surface area contributed by atoms with Crippen LogP contribution in [0, 0.1) is 13.8 Å². The van der Waals surface area contributed by atoms with Crippen molar-refractivity contribution in [1.82, 2.24) is 0 Å². The van der Waals surface area contributed by atoms with E-state index in [0.29, 0.717) is 0 Å². The summed E-state index contributed by atoms with van der Waals surface area (Å²) < 4.78 is 0. The molecule has 0 radical (unpaired) electrons. The molecule has 0 aromatic heterocycles. The predicted octanol–water partition coefficient (Wildman–Crippen LogP) is 2.90. The molecule has 0 spiro atoms. The maximum atomic E-state index is 2.34. The van der Waals surface area contributed by atoms with E-state index in [4.69, 9.17) is 0 Å². The maximum absolute atomic E-state index is 2.34. The van der Waals surface area contributed by atoms with Crippen LogP contribution in [0.25, 0.3) is 0 Å². The fourth-order valence-electron chi connectivity index (χ4n) is 2.27. The molecular weight excluding hydrogens is 180 g/mol. The first-order chi connectivity index (χ1) is 5.29. The van der Waals surface area contributed by atoms with Crippen LogP contribution in [-0.2, 0) is 34.6 Å². The van der Waals surface area contributed by atoms with Crippen molar-refractivity contribution in [3.05, 3.63) is 28.3 Å². The monoisotopic (exact) mass is 195 g/mol. The molecule has 0 unspecified atom stereocenters. The van der Waals surface area contributed by atoms with Crippen LogP contribution in [-0.4, -0.2) is 0 Å². The summed E-state index contributed by atoms with van der Waals surface area (Å²) in [5, 5.41) is 0. The summed E-state index contributed by atoms with van der Waals surface area (Å²) in [6, 6.07) is 2.34. The van der Waals surface area contributed by atoms with Gasteiger partial charge in [0, 0.05) is 0 Å². The van der Waals surface area contributed by atoms with E-state index >= 15 is 0 Å². The van der Waals surface area contributed by atoms with Crippen LogP contribution in [0.5, 0.6) is 0 Å². The van der Waals surface area contributed by atoms with Gasteiger partial charge < -0.3 is 0 Å². The Bertz CT molecular complexity index is 244. The molecule has 0 nitrogen and oxygen atoms in total. The van der Waals surface area contributed by atoms with E-state index < -0.39 is 0 Å². The largest absolute Gasteiger partial charge is 2.00 e. The molecule has 1 aliphatic rings. The molecule has 0 fully saturated rings. The summed E-state index contributed by atoms with van der Waals surface area (Å²) in [6.45, 7) is 4.49. The van der Waals surface area contributed by atoms with Crippen molar-refractivity contribution in [3.63, 3.8) is 0 Å². The Balaban J connectivity index is 0.000000720. The van der Waals surface area contributed by atoms with Gasteiger partial charge in [0.05, 0.1) is 0 Å². The second-order valence-corrected chi connectivity index (χ2v) is 3.67. The molecule has 0 heterocycles. The van der Waals surface area contributed by atoms with Gasteiger partial charge in [-0.2, -0.15) is 28.3 Å². The second kappa shape index (κ2) is 3.85. The molecule has 0 amide bonds. The number of aryl methyl sites for hydroxylation is 2. The second-order valence-electron chi connectivity index (χ2n) is 3.67. The Kier molecular flexibility index (Phi) is 3.25. The van der Waals surface area contributed by atoms with Crippen LogP contribution in [0.3, 0.4) is 0 Å². The third-order valence-corrected chi connectivity index (χ3v) is 2.85. The van der Waals surface area contributed by atoms with E-state index in [1.54, 1.807) is 11.1 Å². The summed E-state index contributed by atoms with van der Waals surface area (Å²) in [5.41, 5.74) is 6.37. The molecule has 2 rings (SSSR count). The van der Waals surface area contributed by atoms with Crippen molar-refractivity contribution in [1.29, 1.82) is 0 Å². The van der Waals surface area contributed by atoms with Gasteiger partial charge in [-0.25, -0.2) is 0 Å². The Morgan fingerprint density at radius 3 is 2.58 bits per heavy atom. The maximum Gasteiger partial charge on any atom is 2.00 e. The Morgan fingerprint density at radius 1 is 1.25 bits per heavy atom. The van der Waals surface area contributed by atoms with E-state index in [9.17, 15) is 0 Å². The zero-order valence-corrected chi connectivity index (χ0v) is 9.47. The molecule has 0 aliphatic heterocycles. The average molecular weight is 195 g/mol. The molecule has 0 bridgehead atoms. The van der Waals surface area contributed by atoms with Crippen molar-refractivity contribution in [3.8, 4) is 0 Å². The molecule has 0 atom stereocenters. The fraction of sp³-hybridized carbons (Fsp3) is 0.545. The van der Waals surface area contributed by atoms with Gasteiger partial charge in [-0.1, -0.05) is 39.5 Å². The summed E-state index contributed by atoms with van der Waals surface area (Å²) in [5.74, 6) is 0. The summed E-state index contributed by atoms with van der Waals surface area (Å²) in [7, 11) is 0. The molecule has 1 aliphatic carbocycles. The normalized spacial score (nSPS) is 15.2. The smallest absolute Gasteiger partial charge is 0.198 e. The standard InChI is InChI=1S/C11H15.Ti/c1-8-7-9(2)11-6-4-3-5-10(8)11;/h7H,3-6H2,1-2H3;/q-1;+2. The van der Waals surface area contributed by atoms with Crippen molar-refractivity contribution in [2.75, 3.05) is 0 Å². The van der Waals surface area contributed by atoms with Crippen LogP contribution in [0.4, 0.5) is 0 Å². The number of hydrogen-bond donors (Lipinski definition) is 0. The van der Waals surface area contributed by atoms with Crippen LogP contribution >= 0.6 is 0 Å². The summed E-state index contributed by atoms with van der Waals surface area (Å²) >= 11 is 0. The van der Waals surface area contributed by atoms with Gasteiger partial charge in [0.2, 0.25) is 0 Å². The minimum absolute atomic E-state index is 0. The quantitative estimate of drug-likeness (QED) is 0.441. The Hall–Kier alpha value is 0.0643. The minimum Gasteiger partial charge on any atom is -0.198 e. The molecule has 0 saturated heterocycles. The zero-order chi connectivity index (χ0) is 7.84. The molecule has 1 aromatic carbocycles. The number of fused-ring (bicyclic) bond motifs is 1. The number of rotatable bonds is 0. The van der Waals surface area contributed by atoms with E-state index in [0.717, 1.165) is 0 Å². The van der Waals surface area contributed by atoms with Crippen molar-refractivity contribution < 1.29 is 21.7 Å². The van der Waals surface area contributed by atoms with Crippen molar-refractivity contribution in [2.24, 2.45) is 0 Å². The van der Waals surface area contributed by atoms with Crippen molar-refractivity contribution >= 4 is 0 Å². The van der Waals surface area contributed by atoms with E-state index in [-0.39, 0.29) is 21.7 Å². The van der Waals surface area contributed by atoms with Gasteiger partial charge in [-0.05, 0) is 0 Å². The number of hydrogen-bond acceptors (Lipinski definition) is 0. The first-order valence-electron chi connectivity index (χ1n) is 4.53. The minimum atomic E-state index is 0. The van der Waals surface area contributed by atoms with Crippen LogP contribution in [0.2, 0.25) is 0 Å². The zero-order valence-electron chi connectivity index (χ0n) is 7.91. The molecule has 62 valence electrons. The SMILES string of the molecule is Cc1c[c-](C)c2c1CCCC2.[Ti+2]. The van der Waals surface area contributed by atoms with Gasteiger partial charge in [0.25, 0.3) is 0 Å². The van der Waals surface area contributed by atoms with E-state index in [1.807, 2.05) is 0 Å². The predicted molar refractivity (Wildman–Crippen MR) is 48.2 cm³/mol. The van der Waals surface area contributed by atoms with Gasteiger partial charge in [-0.3, -0.25) is 0 Å². The third kappa shape index (κ3) is 1.55. The van der Waals surface area contributed by atoms with Crippen molar-refractivity contribution in [2.45, 2.75) is 39.5 Å². The van der Waals surface area contributed by atoms with Crippen LogP contribution in [0.15, 0.2) is 6.07 Å². The van der Waals surface area contributed by atoms with Gasteiger partial charge in [-0.15, -0.1) is 0 Å². The fourth-order valence-corrected chi connectivity index (χ4v) is 2.27. The Labute approximate surface area is 89.6 Å². The topological polar surface area (TPSA) is 0 Å². The van der Waals surface area contributed by atoms with Crippen LogP contribution in [0.1, 0.15) is 35.1 Å². The molecule has 1 heteroatoms. The molecule has 0 saturated carbocycles. The molecule has 1 aromatic rings. The first kappa shape index (κ1) is 10.1. The van der Waals surface area contributed by atoms with Crippen LogP contribution < -0.4 is 0 Å². The molecule has 12 heavy (non-hydrogen) atoms. The summed E-state index contributed by atoms with van der Waals surface area (Å²) in [4.78, 5) is 0. The first-order valence-corrected chi connectivity index (χ1v) is 4.53. The molecule has 0 N–H and O–H groups in total. The van der Waals surface area contributed by atoms with Gasteiger partial charge in [0.1, 0.15) is 0 Å². The van der Waals surface area contributed by atoms with Gasteiger partial charge >= 0.3 is 21.7 Å². The molecular formula is C11H15Ti+. The summed E-state index contributed by atoms with van der Waals surface area (Å²) in [6.07, 6.45) is 5.46. The van der Waals surface area contributed by atoms with Gasteiger partial charge in [0.15, 0.2) is 0 Å². The van der Waals surface area contributed by atoms with E-state index in [1.165, 1.54) is 36.8 Å². The Morgan fingerprint density at radius 2 is 1.92 bits per heavy atom. The third-order valence-electron chi connectivity index (χ3n) is 2.85. The average Bonchev–Trinajstić information content (AvgIpc) is 2.30.